The molecule has 0 amide bonds. The number of ether oxygens (including phenoxy) is 1. The molecule has 2 aromatic carbocycles. The number of rotatable bonds is 6. The standard InChI is InChI=1S/C19H22BrNO3S/c1-3-24-12-19(21)17(14-6-8-15(20)9-7-14)18(19)25(22,23)16-10-4-13(2)5-11-16/h4-11,17-18H,3,12,21H2,1-2H3/t17-,18+,19-/m1/s1. The number of aryl methyl sites for hydroxylation is 1. The highest BCUT2D eigenvalue weighted by Gasteiger charge is 2.69. The first-order chi connectivity index (χ1) is 11.8. The molecule has 1 aliphatic carbocycles. The van der Waals surface area contributed by atoms with Gasteiger partial charge in [0.25, 0.3) is 0 Å². The van der Waals surface area contributed by atoms with Crippen LogP contribution in [0.15, 0.2) is 57.9 Å². The summed E-state index contributed by atoms with van der Waals surface area (Å²) in [5.41, 5.74) is 7.56. The molecule has 4 nitrogen and oxygen atoms in total. The normalized spacial score (nSPS) is 25.8. The third-order valence-electron chi connectivity index (χ3n) is 4.77. The molecular formula is C19H22BrNO3S. The van der Waals surface area contributed by atoms with Crippen LogP contribution in [0.25, 0.3) is 0 Å². The number of halogens is 1. The molecule has 6 heteroatoms. The van der Waals surface area contributed by atoms with E-state index in [4.69, 9.17) is 10.5 Å². The Hall–Kier alpha value is -1.21. The van der Waals surface area contributed by atoms with Gasteiger partial charge in [-0.2, -0.15) is 0 Å². The van der Waals surface area contributed by atoms with Gasteiger partial charge < -0.3 is 10.5 Å². The van der Waals surface area contributed by atoms with Crippen molar-refractivity contribution in [2.24, 2.45) is 5.73 Å². The van der Waals surface area contributed by atoms with Crippen LogP contribution in [-0.4, -0.2) is 32.4 Å². The molecule has 0 aromatic heterocycles. The van der Waals surface area contributed by atoms with E-state index in [1.807, 2.05) is 50.2 Å². The molecule has 2 aromatic rings. The van der Waals surface area contributed by atoms with Crippen LogP contribution >= 0.6 is 15.9 Å². The molecule has 1 aliphatic rings. The van der Waals surface area contributed by atoms with E-state index in [0.717, 1.165) is 15.6 Å². The van der Waals surface area contributed by atoms with E-state index in [1.54, 1.807) is 12.1 Å². The lowest BCUT2D eigenvalue weighted by Gasteiger charge is -2.12. The highest BCUT2D eigenvalue weighted by Crippen LogP contribution is 2.55. The predicted octanol–water partition coefficient (Wildman–Crippen LogP) is 3.43. The third-order valence-corrected chi connectivity index (χ3v) is 7.61. The van der Waals surface area contributed by atoms with Crippen LogP contribution in [0.4, 0.5) is 0 Å². The SMILES string of the molecule is CCOC[C@@]1(N)[C@H](c2ccc(Br)cc2)[C@@H]1S(=O)(=O)c1ccc(C)cc1. The third kappa shape index (κ3) is 3.40. The number of sulfone groups is 1. The average Bonchev–Trinajstić information content (AvgIpc) is 3.21. The zero-order valence-corrected chi connectivity index (χ0v) is 16.7. The van der Waals surface area contributed by atoms with Crippen LogP contribution in [0.5, 0.6) is 0 Å². The van der Waals surface area contributed by atoms with Crippen LogP contribution in [-0.2, 0) is 14.6 Å². The Kier molecular flexibility index (Phi) is 5.08. The van der Waals surface area contributed by atoms with Gasteiger partial charge in [-0.05, 0) is 43.7 Å². The summed E-state index contributed by atoms with van der Waals surface area (Å²) in [4.78, 5) is 0.314. The first-order valence-electron chi connectivity index (χ1n) is 8.23. The summed E-state index contributed by atoms with van der Waals surface area (Å²) in [6.07, 6.45) is 0. The van der Waals surface area contributed by atoms with Crippen molar-refractivity contribution in [1.29, 1.82) is 0 Å². The molecule has 0 aliphatic heterocycles. The maximum absolute atomic E-state index is 13.2. The molecule has 3 atom stereocenters. The summed E-state index contributed by atoms with van der Waals surface area (Å²) in [5.74, 6) is -0.279. The molecule has 0 unspecified atom stereocenters. The maximum atomic E-state index is 13.2. The van der Waals surface area contributed by atoms with Crippen LogP contribution < -0.4 is 5.73 Å². The Morgan fingerprint density at radius 2 is 1.72 bits per heavy atom. The van der Waals surface area contributed by atoms with Gasteiger partial charge in [0, 0.05) is 17.0 Å². The Morgan fingerprint density at radius 3 is 2.28 bits per heavy atom. The summed E-state index contributed by atoms with van der Waals surface area (Å²) in [6.45, 7) is 4.54. The molecule has 134 valence electrons. The quantitative estimate of drug-likeness (QED) is 0.772. The van der Waals surface area contributed by atoms with Gasteiger partial charge in [-0.15, -0.1) is 0 Å². The molecule has 0 bridgehead atoms. The highest BCUT2D eigenvalue weighted by atomic mass is 79.9. The van der Waals surface area contributed by atoms with E-state index >= 15 is 0 Å². The second-order valence-electron chi connectivity index (χ2n) is 6.56. The van der Waals surface area contributed by atoms with Crippen LogP contribution in [0.2, 0.25) is 0 Å². The van der Waals surface area contributed by atoms with Gasteiger partial charge in [0.1, 0.15) is 0 Å². The zero-order chi connectivity index (χ0) is 18.2. The summed E-state index contributed by atoms with van der Waals surface area (Å²) >= 11 is 3.41. The molecule has 2 N–H and O–H groups in total. The lowest BCUT2D eigenvalue weighted by atomic mass is 10.1. The topological polar surface area (TPSA) is 69.4 Å². The summed E-state index contributed by atoms with van der Waals surface area (Å²) in [6, 6.07) is 14.6. The maximum Gasteiger partial charge on any atom is 0.183 e. The van der Waals surface area contributed by atoms with Crippen molar-refractivity contribution >= 4 is 25.8 Å². The Balaban J connectivity index is 1.99. The largest absolute Gasteiger partial charge is 0.380 e. The van der Waals surface area contributed by atoms with E-state index in [9.17, 15) is 8.42 Å². The molecule has 25 heavy (non-hydrogen) atoms. The first-order valence-corrected chi connectivity index (χ1v) is 10.6. The Labute approximate surface area is 157 Å². The molecular weight excluding hydrogens is 402 g/mol. The molecule has 1 saturated carbocycles. The van der Waals surface area contributed by atoms with Crippen molar-refractivity contribution in [1.82, 2.24) is 0 Å². The van der Waals surface area contributed by atoms with Gasteiger partial charge >= 0.3 is 0 Å². The van der Waals surface area contributed by atoms with Crippen LogP contribution in [0.1, 0.15) is 24.0 Å². The number of hydrogen-bond donors (Lipinski definition) is 1. The number of hydrogen-bond acceptors (Lipinski definition) is 4. The zero-order valence-electron chi connectivity index (χ0n) is 14.3. The number of benzene rings is 2. The first kappa shape index (κ1) is 18.6. The van der Waals surface area contributed by atoms with Gasteiger partial charge in [-0.1, -0.05) is 45.8 Å². The minimum Gasteiger partial charge on any atom is -0.380 e. The average molecular weight is 424 g/mol. The highest BCUT2D eigenvalue weighted by molar-refractivity contribution is 9.10. The summed E-state index contributed by atoms with van der Waals surface area (Å²) in [5, 5.41) is -0.685. The minimum absolute atomic E-state index is 0.222. The molecule has 0 radical (unpaired) electrons. The van der Waals surface area contributed by atoms with Crippen molar-refractivity contribution in [2.75, 3.05) is 13.2 Å². The van der Waals surface area contributed by atoms with Crippen LogP contribution in [0.3, 0.4) is 0 Å². The van der Waals surface area contributed by atoms with Gasteiger partial charge in [0.2, 0.25) is 0 Å². The summed E-state index contributed by atoms with van der Waals surface area (Å²) < 4.78 is 32.8. The second kappa shape index (κ2) is 6.83. The molecule has 0 saturated heterocycles. The smallest absolute Gasteiger partial charge is 0.183 e. The predicted molar refractivity (Wildman–Crippen MR) is 102 cm³/mol. The second-order valence-corrected chi connectivity index (χ2v) is 9.54. The molecule has 0 heterocycles. The lowest BCUT2D eigenvalue weighted by molar-refractivity contribution is 0.125. The summed E-state index contributed by atoms with van der Waals surface area (Å²) in [7, 11) is -3.54. The van der Waals surface area contributed by atoms with Crippen LogP contribution in [0, 0.1) is 6.92 Å². The fraction of sp³-hybridized carbons (Fsp3) is 0.368. The van der Waals surface area contributed by atoms with Crippen molar-refractivity contribution in [2.45, 2.75) is 35.4 Å². The Bertz CT molecular complexity index is 849. The van der Waals surface area contributed by atoms with E-state index < -0.39 is 20.6 Å². The molecule has 1 fully saturated rings. The van der Waals surface area contributed by atoms with Gasteiger partial charge in [0.15, 0.2) is 9.84 Å². The van der Waals surface area contributed by atoms with Gasteiger partial charge in [-0.25, -0.2) is 8.42 Å². The Morgan fingerprint density at radius 1 is 1.12 bits per heavy atom. The van der Waals surface area contributed by atoms with Crippen molar-refractivity contribution in [3.8, 4) is 0 Å². The van der Waals surface area contributed by atoms with Crippen molar-refractivity contribution in [3.05, 3.63) is 64.1 Å². The monoisotopic (exact) mass is 423 g/mol. The fourth-order valence-corrected chi connectivity index (χ4v) is 5.93. The lowest BCUT2D eigenvalue weighted by Crippen LogP contribution is -2.36. The van der Waals surface area contributed by atoms with Gasteiger partial charge in [-0.3, -0.25) is 0 Å². The molecule has 0 spiro atoms. The van der Waals surface area contributed by atoms with E-state index in [2.05, 4.69) is 15.9 Å². The minimum atomic E-state index is -3.54. The van der Waals surface area contributed by atoms with Gasteiger partial charge in [0.05, 0.1) is 22.3 Å². The number of nitrogens with two attached hydrogens (primary N) is 1. The van der Waals surface area contributed by atoms with E-state index in [0.29, 0.717) is 11.5 Å². The van der Waals surface area contributed by atoms with Crippen molar-refractivity contribution in [3.63, 3.8) is 0 Å². The fourth-order valence-electron chi connectivity index (χ4n) is 3.37. The van der Waals surface area contributed by atoms with Crippen molar-refractivity contribution < 1.29 is 13.2 Å². The molecule has 3 rings (SSSR count). The van der Waals surface area contributed by atoms with E-state index in [1.165, 1.54) is 0 Å². The van der Waals surface area contributed by atoms with E-state index in [-0.39, 0.29) is 12.5 Å².